The largest absolute Gasteiger partial charge is 0.391 e. The van der Waals surface area contributed by atoms with E-state index >= 15 is 0 Å². The van der Waals surface area contributed by atoms with Crippen LogP contribution < -0.4 is 11.1 Å². The highest BCUT2D eigenvalue weighted by molar-refractivity contribution is 5.81. The number of benzene rings is 1. The number of guanidine groups is 1. The second-order valence-electron chi connectivity index (χ2n) is 6.01. The van der Waals surface area contributed by atoms with Crippen LogP contribution in [0.25, 0.3) is 0 Å². The molecule has 0 saturated carbocycles. The van der Waals surface area contributed by atoms with Gasteiger partial charge in [0, 0.05) is 19.6 Å². The number of amides is 1. The van der Waals surface area contributed by atoms with Crippen molar-refractivity contribution >= 4 is 11.9 Å². The van der Waals surface area contributed by atoms with Gasteiger partial charge in [0.1, 0.15) is 5.82 Å². The van der Waals surface area contributed by atoms with E-state index in [0.717, 1.165) is 12.1 Å². The molecule has 132 valence electrons. The summed E-state index contributed by atoms with van der Waals surface area (Å²) in [4.78, 5) is 18.2. The predicted molar refractivity (Wildman–Crippen MR) is 91.0 cm³/mol. The molecule has 1 aliphatic rings. The maximum Gasteiger partial charge on any atom is 0.222 e. The van der Waals surface area contributed by atoms with Gasteiger partial charge in [-0.05, 0) is 37.5 Å². The molecule has 6 nitrogen and oxygen atoms in total. The number of β-amino-alcohol motifs (C(OH)–C–C–N with tert-alkyl or cyclic N) is 1. The first-order chi connectivity index (χ1) is 11.5. The summed E-state index contributed by atoms with van der Waals surface area (Å²) in [6.07, 6.45) is 0.778. The number of carbonyl (C=O) groups is 1. The van der Waals surface area contributed by atoms with E-state index in [1.807, 2.05) is 11.8 Å². The first-order valence-corrected chi connectivity index (χ1v) is 8.24. The van der Waals surface area contributed by atoms with E-state index in [9.17, 15) is 14.3 Å². The van der Waals surface area contributed by atoms with Crippen LogP contribution in [0.5, 0.6) is 0 Å². The summed E-state index contributed by atoms with van der Waals surface area (Å²) >= 11 is 0. The molecule has 2 atom stereocenters. The molecule has 1 unspecified atom stereocenters. The molecule has 0 radical (unpaired) electrons. The number of aliphatic imine (C=N–C) groups is 1. The number of likely N-dealkylation sites (tertiary alicyclic amines) is 1. The van der Waals surface area contributed by atoms with Gasteiger partial charge in [-0.25, -0.2) is 4.39 Å². The standard InChI is InChI=1S/C17H25FN4O2/c1-2-20-17(22-8-7-15(23)11-22)21-10-13(16(19)24)9-12-3-5-14(18)6-4-12/h3-6,13,15,23H,2,7-11H2,1H3,(H2,19,24)(H,20,21)/t13?,15-/m1/s1. The summed E-state index contributed by atoms with van der Waals surface area (Å²) in [5, 5.41) is 12.8. The van der Waals surface area contributed by atoms with Crippen LogP contribution in [-0.2, 0) is 11.2 Å². The van der Waals surface area contributed by atoms with Crippen LogP contribution >= 0.6 is 0 Å². The van der Waals surface area contributed by atoms with E-state index in [4.69, 9.17) is 5.73 Å². The number of halogens is 1. The zero-order chi connectivity index (χ0) is 17.5. The highest BCUT2D eigenvalue weighted by Crippen LogP contribution is 2.12. The fraction of sp³-hybridized carbons (Fsp3) is 0.529. The van der Waals surface area contributed by atoms with E-state index in [2.05, 4.69) is 10.3 Å². The lowest BCUT2D eigenvalue weighted by atomic mass is 9.99. The molecule has 1 aromatic carbocycles. The molecule has 1 heterocycles. The number of carbonyl (C=O) groups excluding carboxylic acids is 1. The lowest BCUT2D eigenvalue weighted by Crippen LogP contribution is -2.41. The molecule has 0 aliphatic carbocycles. The van der Waals surface area contributed by atoms with Gasteiger partial charge in [-0.3, -0.25) is 9.79 Å². The summed E-state index contributed by atoms with van der Waals surface area (Å²) < 4.78 is 13.0. The van der Waals surface area contributed by atoms with Gasteiger partial charge in [0.2, 0.25) is 5.91 Å². The second kappa shape index (κ2) is 8.63. The maximum atomic E-state index is 13.0. The Kier molecular flexibility index (Phi) is 6.54. The van der Waals surface area contributed by atoms with Crippen molar-refractivity contribution in [2.24, 2.45) is 16.6 Å². The molecule has 0 aromatic heterocycles. The summed E-state index contributed by atoms with van der Waals surface area (Å²) in [6, 6.07) is 6.03. The zero-order valence-corrected chi connectivity index (χ0v) is 13.9. The first-order valence-electron chi connectivity index (χ1n) is 8.24. The molecule has 4 N–H and O–H groups in total. The molecule has 1 aliphatic heterocycles. The molecule has 1 fully saturated rings. The number of aliphatic hydroxyl groups is 1. The molecule has 1 aromatic rings. The SMILES string of the molecule is CCNC(=NCC(Cc1ccc(F)cc1)C(N)=O)N1CC[C@@H](O)C1. The molecule has 2 rings (SSSR count). The number of hydrogen-bond donors (Lipinski definition) is 3. The van der Waals surface area contributed by atoms with Crippen molar-refractivity contribution in [3.8, 4) is 0 Å². The van der Waals surface area contributed by atoms with Crippen LogP contribution in [0.4, 0.5) is 4.39 Å². The average Bonchev–Trinajstić information content (AvgIpc) is 2.98. The Balaban J connectivity index is 2.04. The Morgan fingerprint density at radius 1 is 1.50 bits per heavy atom. The molecule has 1 saturated heterocycles. The first kappa shape index (κ1) is 18.2. The predicted octanol–water partition coefficient (Wildman–Crippen LogP) is 0.502. The molecular formula is C17H25FN4O2. The Morgan fingerprint density at radius 2 is 2.21 bits per heavy atom. The van der Waals surface area contributed by atoms with Gasteiger partial charge in [0.05, 0.1) is 18.6 Å². The Hall–Kier alpha value is -2.15. The second-order valence-corrected chi connectivity index (χ2v) is 6.01. The Morgan fingerprint density at radius 3 is 2.75 bits per heavy atom. The van der Waals surface area contributed by atoms with E-state index in [-0.39, 0.29) is 18.5 Å². The van der Waals surface area contributed by atoms with Crippen LogP contribution in [-0.4, -0.2) is 54.2 Å². The molecular weight excluding hydrogens is 311 g/mol. The highest BCUT2D eigenvalue weighted by Gasteiger charge is 2.23. The minimum Gasteiger partial charge on any atom is -0.391 e. The van der Waals surface area contributed by atoms with E-state index in [1.54, 1.807) is 12.1 Å². The van der Waals surface area contributed by atoms with Crippen LogP contribution in [0.15, 0.2) is 29.3 Å². The summed E-state index contributed by atoms with van der Waals surface area (Å²) in [5.41, 5.74) is 6.34. The lowest BCUT2D eigenvalue weighted by molar-refractivity contribution is -0.121. The van der Waals surface area contributed by atoms with Gasteiger partial charge in [-0.15, -0.1) is 0 Å². The summed E-state index contributed by atoms with van der Waals surface area (Å²) in [7, 11) is 0. The zero-order valence-electron chi connectivity index (χ0n) is 13.9. The van der Waals surface area contributed by atoms with Gasteiger partial charge in [-0.2, -0.15) is 0 Å². The van der Waals surface area contributed by atoms with Gasteiger partial charge in [0.25, 0.3) is 0 Å². The summed E-state index contributed by atoms with van der Waals surface area (Å²) in [6.45, 7) is 4.18. The van der Waals surface area contributed by atoms with E-state index < -0.39 is 11.8 Å². The number of nitrogens with two attached hydrogens (primary N) is 1. The minimum absolute atomic E-state index is 0.252. The maximum absolute atomic E-state index is 13.0. The highest BCUT2D eigenvalue weighted by atomic mass is 19.1. The monoisotopic (exact) mass is 336 g/mol. The number of primary amides is 1. The van der Waals surface area contributed by atoms with Crippen molar-refractivity contribution in [2.45, 2.75) is 25.9 Å². The molecule has 0 spiro atoms. The van der Waals surface area contributed by atoms with Crippen molar-refractivity contribution in [2.75, 3.05) is 26.2 Å². The Bertz CT molecular complexity index is 576. The normalized spacial score (nSPS) is 19.4. The third kappa shape index (κ3) is 5.19. The van der Waals surface area contributed by atoms with Crippen LogP contribution in [0.3, 0.4) is 0 Å². The molecule has 24 heavy (non-hydrogen) atoms. The fourth-order valence-electron chi connectivity index (χ4n) is 2.72. The van der Waals surface area contributed by atoms with Gasteiger partial charge in [0.15, 0.2) is 5.96 Å². The Labute approximate surface area is 141 Å². The number of rotatable bonds is 6. The average molecular weight is 336 g/mol. The number of nitrogens with one attached hydrogen (secondary N) is 1. The van der Waals surface area contributed by atoms with Crippen molar-refractivity contribution < 1.29 is 14.3 Å². The smallest absolute Gasteiger partial charge is 0.222 e. The quantitative estimate of drug-likeness (QED) is 0.521. The van der Waals surface area contributed by atoms with Crippen molar-refractivity contribution in [1.82, 2.24) is 10.2 Å². The number of aliphatic hydroxyl groups excluding tert-OH is 1. The van der Waals surface area contributed by atoms with Crippen molar-refractivity contribution in [3.05, 3.63) is 35.6 Å². The minimum atomic E-state index is -0.461. The van der Waals surface area contributed by atoms with Crippen molar-refractivity contribution in [3.63, 3.8) is 0 Å². The van der Waals surface area contributed by atoms with E-state index in [0.29, 0.717) is 31.9 Å². The van der Waals surface area contributed by atoms with Crippen LogP contribution in [0.1, 0.15) is 18.9 Å². The van der Waals surface area contributed by atoms with E-state index in [1.165, 1.54) is 12.1 Å². The van der Waals surface area contributed by atoms with Gasteiger partial charge in [-0.1, -0.05) is 12.1 Å². The number of nitrogens with zero attached hydrogens (tertiary/aromatic N) is 2. The van der Waals surface area contributed by atoms with Crippen molar-refractivity contribution in [1.29, 1.82) is 0 Å². The lowest BCUT2D eigenvalue weighted by Gasteiger charge is -2.22. The fourth-order valence-corrected chi connectivity index (χ4v) is 2.72. The van der Waals surface area contributed by atoms with Crippen LogP contribution in [0, 0.1) is 11.7 Å². The van der Waals surface area contributed by atoms with Crippen LogP contribution in [0.2, 0.25) is 0 Å². The summed E-state index contributed by atoms with van der Waals surface area (Å²) in [5.74, 6) is -0.522. The topological polar surface area (TPSA) is 90.9 Å². The number of hydrogen-bond acceptors (Lipinski definition) is 3. The molecule has 1 amide bonds. The third-order valence-corrected chi connectivity index (χ3v) is 4.06. The van der Waals surface area contributed by atoms with Gasteiger partial charge >= 0.3 is 0 Å². The third-order valence-electron chi connectivity index (χ3n) is 4.06. The van der Waals surface area contributed by atoms with Gasteiger partial charge < -0.3 is 21.1 Å². The molecule has 7 heteroatoms. The molecule has 0 bridgehead atoms.